The quantitative estimate of drug-likeness (QED) is 0.120. The zero-order chi connectivity index (χ0) is 40.0. The Kier molecular flexibility index (Phi) is 7.51. The molecule has 13 rings (SSSR count). The molecule has 0 aliphatic heterocycles. The summed E-state index contributed by atoms with van der Waals surface area (Å²) in [6, 6.07) is 75.9. The van der Waals surface area contributed by atoms with Crippen molar-refractivity contribution in [1.82, 2.24) is 4.57 Å². The zero-order valence-electron chi connectivity index (χ0n) is 33.1. The van der Waals surface area contributed by atoms with E-state index in [1.165, 1.54) is 108 Å². The smallest absolute Gasteiger partial charge is 0.0547 e. The molecule has 13 aromatic rings. The number of hydrogen-bond acceptors (Lipinski definition) is 2. The molecular weight excluding hydrogens is 757 g/mol. The number of fused-ring (bicyclic) bond motifs is 7. The highest BCUT2D eigenvalue weighted by Gasteiger charge is 2.20. The third-order valence-electron chi connectivity index (χ3n) is 12.7. The molecular formula is C58H36N2S. The summed E-state index contributed by atoms with van der Waals surface area (Å²) in [6.45, 7) is 0. The summed E-state index contributed by atoms with van der Waals surface area (Å²) in [5.41, 5.74) is 9.54. The third kappa shape index (κ3) is 5.34. The van der Waals surface area contributed by atoms with E-state index in [9.17, 15) is 0 Å². The van der Waals surface area contributed by atoms with E-state index in [0.717, 1.165) is 11.4 Å². The van der Waals surface area contributed by atoms with Gasteiger partial charge in [0.15, 0.2) is 0 Å². The van der Waals surface area contributed by atoms with Crippen LogP contribution in [0.25, 0.3) is 103 Å². The lowest BCUT2D eigenvalue weighted by molar-refractivity contribution is 1.18. The van der Waals surface area contributed by atoms with E-state index < -0.39 is 0 Å². The van der Waals surface area contributed by atoms with Gasteiger partial charge in [-0.2, -0.15) is 0 Å². The van der Waals surface area contributed by atoms with Gasteiger partial charge in [0, 0.05) is 53.4 Å². The van der Waals surface area contributed by atoms with Gasteiger partial charge in [-0.1, -0.05) is 158 Å². The molecule has 0 aliphatic carbocycles. The van der Waals surface area contributed by atoms with Crippen molar-refractivity contribution in [3.05, 3.63) is 217 Å². The van der Waals surface area contributed by atoms with Gasteiger partial charge in [0.1, 0.15) is 0 Å². The molecule has 0 fully saturated rings. The van der Waals surface area contributed by atoms with Gasteiger partial charge in [-0.05, 0) is 109 Å². The van der Waals surface area contributed by atoms with Gasteiger partial charge in [0.25, 0.3) is 0 Å². The summed E-state index contributed by atoms with van der Waals surface area (Å²) in [6.07, 6.45) is 4.57. The largest absolute Gasteiger partial charge is 0.310 e. The third-order valence-corrected chi connectivity index (χ3v) is 13.8. The summed E-state index contributed by atoms with van der Waals surface area (Å²) < 4.78 is 4.97. The minimum absolute atomic E-state index is 1.14. The van der Waals surface area contributed by atoms with E-state index in [4.69, 9.17) is 0 Å². The molecule has 0 aliphatic rings. The van der Waals surface area contributed by atoms with Crippen molar-refractivity contribution in [3.8, 4) is 5.69 Å². The van der Waals surface area contributed by atoms with E-state index in [2.05, 4.69) is 228 Å². The Bertz CT molecular complexity index is 3890. The molecule has 0 saturated carbocycles. The van der Waals surface area contributed by atoms with Crippen molar-refractivity contribution >= 4 is 126 Å². The molecule has 0 unspecified atom stereocenters. The molecule has 11 aromatic carbocycles. The van der Waals surface area contributed by atoms with Crippen LogP contribution < -0.4 is 4.90 Å². The fourth-order valence-corrected chi connectivity index (χ4v) is 11.1. The van der Waals surface area contributed by atoms with Crippen molar-refractivity contribution in [2.45, 2.75) is 0 Å². The van der Waals surface area contributed by atoms with Crippen LogP contribution in [-0.2, 0) is 0 Å². The molecule has 284 valence electrons. The minimum atomic E-state index is 1.14. The molecule has 0 radical (unpaired) electrons. The van der Waals surface area contributed by atoms with E-state index in [-0.39, 0.29) is 0 Å². The first kappa shape index (κ1) is 34.2. The Labute approximate surface area is 356 Å². The summed E-state index contributed by atoms with van der Waals surface area (Å²) in [7, 11) is 0. The van der Waals surface area contributed by atoms with Crippen molar-refractivity contribution in [1.29, 1.82) is 0 Å². The Hall–Kier alpha value is -7.72. The summed E-state index contributed by atoms with van der Waals surface area (Å²) in [5, 5.41) is 15.2. The lowest BCUT2D eigenvalue weighted by Gasteiger charge is -2.28. The number of rotatable bonds is 6. The van der Waals surface area contributed by atoms with Gasteiger partial charge in [-0.3, -0.25) is 0 Å². The lowest BCUT2D eigenvalue weighted by Crippen LogP contribution is -2.10. The zero-order valence-corrected chi connectivity index (χ0v) is 33.9. The highest BCUT2D eigenvalue weighted by Crippen LogP contribution is 2.46. The number of thiophene rings is 1. The van der Waals surface area contributed by atoms with E-state index in [1.54, 1.807) is 0 Å². The second-order valence-electron chi connectivity index (χ2n) is 16.1. The van der Waals surface area contributed by atoms with Crippen LogP contribution in [0.4, 0.5) is 17.1 Å². The Morgan fingerprint density at radius 2 is 1.03 bits per heavy atom. The van der Waals surface area contributed by atoms with Gasteiger partial charge in [-0.15, -0.1) is 11.3 Å². The molecule has 2 nitrogen and oxygen atoms in total. The number of anilines is 3. The fourth-order valence-electron chi connectivity index (χ4n) is 9.88. The molecule has 0 saturated heterocycles. The second-order valence-corrected chi connectivity index (χ2v) is 17.2. The summed E-state index contributed by atoms with van der Waals surface area (Å²) in [4.78, 5) is 2.46. The number of aromatic nitrogens is 1. The monoisotopic (exact) mass is 792 g/mol. The maximum Gasteiger partial charge on any atom is 0.0547 e. The number of benzene rings is 11. The number of nitrogens with zero attached hydrogens (tertiary/aromatic N) is 2. The number of hydrogen-bond donors (Lipinski definition) is 0. The van der Waals surface area contributed by atoms with Crippen molar-refractivity contribution in [3.63, 3.8) is 0 Å². The second kappa shape index (κ2) is 13.4. The molecule has 2 aromatic heterocycles. The van der Waals surface area contributed by atoms with Crippen LogP contribution in [0.2, 0.25) is 0 Å². The molecule has 0 atom stereocenters. The maximum atomic E-state index is 2.46. The van der Waals surface area contributed by atoms with Crippen molar-refractivity contribution in [2.24, 2.45) is 0 Å². The summed E-state index contributed by atoms with van der Waals surface area (Å²) >= 11 is 1.87. The molecule has 61 heavy (non-hydrogen) atoms. The molecule has 0 spiro atoms. The van der Waals surface area contributed by atoms with Crippen LogP contribution in [-0.4, -0.2) is 4.57 Å². The Morgan fingerprint density at radius 1 is 0.377 bits per heavy atom. The topological polar surface area (TPSA) is 8.17 Å². The van der Waals surface area contributed by atoms with Crippen LogP contribution in [0.3, 0.4) is 0 Å². The van der Waals surface area contributed by atoms with Crippen LogP contribution in [0.1, 0.15) is 11.1 Å². The molecule has 3 heteroatoms. The normalized spacial score (nSPS) is 12.2. The van der Waals surface area contributed by atoms with Gasteiger partial charge in [0.2, 0.25) is 0 Å². The minimum Gasteiger partial charge on any atom is -0.310 e. The Balaban J connectivity index is 0.923. The average molecular weight is 793 g/mol. The van der Waals surface area contributed by atoms with Crippen molar-refractivity contribution < 1.29 is 0 Å². The number of para-hydroxylation sites is 1. The molecule has 0 N–H and O–H groups in total. The summed E-state index contributed by atoms with van der Waals surface area (Å²) in [5.74, 6) is 0. The standard InChI is InChI=1S/C58H36N2S/c1-2-15-43(16-3-1)60-52-20-10-14-40-25-30-47-39(26-32-53(60)58(47)57(40)52)23-21-37-22-29-50-51-31-28-45(36-56(51)61-55(50)33-37)59(44-27-24-38-11-4-5-12-41(38)34-44)54-35-42-13-6-7-17-46(42)48-18-8-9-19-49(48)54/h1-36H/b23-21+. The average Bonchev–Trinajstić information content (AvgIpc) is 3.86. The molecule has 0 amide bonds. The van der Waals surface area contributed by atoms with Crippen LogP contribution in [0, 0.1) is 0 Å². The molecule has 2 heterocycles. The van der Waals surface area contributed by atoms with Gasteiger partial charge >= 0.3 is 0 Å². The predicted octanol–water partition coefficient (Wildman–Crippen LogP) is 16.8. The van der Waals surface area contributed by atoms with Crippen molar-refractivity contribution in [2.75, 3.05) is 4.90 Å². The molecule has 0 bridgehead atoms. The SMILES string of the molecule is C(=C\c1ccc2c3c1ccc1cccc(c13)n2-c1ccccc1)/c1ccc2c(c1)sc1cc(N(c3ccc4ccccc4c3)c3cc4ccccc4c4ccccc34)ccc12. The van der Waals surface area contributed by atoms with Gasteiger partial charge < -0.3 is 9.47 Å². The first-order chi connectivity index (χ1) is 30.2. The van der Waals surface area contributed by atoms with E-state index >= 15 is 0 Å². The van der Waals surface area contributed by atoms with Crippen LogP contribution >= 0.6 is 11.3 Å². The van der Waals surface area contributed by atoms with Crippen LogP contribution in [0.5, 0.6) is 0 Å². The van der Waals surface area contributed by atoms with Gasteiger partial charge in [0.05, 0.1) is 16.7 Å². The van der Waals surface area contributed by atoms with Crippen LogP contribution in [0.15, 0.2) is 206 Å². The van der Waals surface area contributed by atoms with E-state index in [0.29, 0.717) is 0 Å². The Morgan fingerprint density at radius 3 is 1.92 bits per heavy atom. The van der Waals surface area contributed by atoms with Gasteiger partial charge in [-0.25, -0.2) is 0 Å². The fraction of sp³-hybridized carbons (Fsp3) is 0. The highest BCUT2D eigenvalue weighted by atomic mass is 32.1. The highest BCUT2D eigenvalue weighted by molar-refractivity contribution is 7.25. The first-order valence-electron chi connectivity index (χ1n) is 20.9. The lowest BCUT2D eigenvalue weighted by atomic mass is 9.98. The van der Waals surface area contributed by atoms with E-state index in [1.807, 2.05) is 11.3 Å². The predicted molar refractivity (Wildman–Crippen MR) is 265 cm³/mol. The first-order valence-corrected chi connectivity index (χ1v) is 21.7. The maximum absolute atomic E-state index is 2.46.